The molecular weight excluding hydrogens is 478 g/mol. The number of aryl methyl sites for hydroxylation is 1. The van der Waals surface area contributed by atoms with Crippen molar-refractivity contribution in [1.82, 2.24) is 9.88 Å². The molecule has 0 bridgehead atoms. The molecule has 1 atom stereocenters. The highest BCUT2D eigenvalue weighted by Gasteiger charge is 2.33. The molecule has 1 aliphatic carbocycles. The summed E-state index contributed by atoms with van der Waals surface area (Å²) in [4.78, 5) is 19.7. The molecule has 5 nitrogen and oxygen atoms in total. The van der Waals surface area contributed by atoms with Crippen molar-refractivity contribution in [2.75, 3.05) is 0 Å². The van der Waals surface area contributed by atoms with E-state index in [0.717, 1.165) is 58.2 Å². The van der Waals surface area contributed by atoms with Crippen LogP contribution >= 0.6 is 11.3 Å². The number of hydrogen-bond acceptors (Lipinski definition) is 4. The van der Waals surface area contributed by atoms with E-state index in [0.29, 0.717) is 12.5 Å². The van der Waals surface area contributed by atoms with E-state index in [4.69, 9.17) is 9.41 Å². The van der Waals surface area contributed by atoms with Crippen molar-refractivity contribution < 1.29 is 9.21 Å². The first-order valence-corrected chi connectivity index (χ1v) is 13.8. The van der Waals surface area contributed by atoms with Gasteiger partial charge in [-0.1, -0.05) is 39.0 Å². The van der Waals surface area contributed by atoms with E-state index in [9.17, 15) is 4.79 Å². The number of thiophene rings is 1. The number of furan rings is 1. The van der Waals surface area contributed by atoms with Crippen LogP contribution in [0.1, 0.15) is 70.7 Å². The molecule has 1 aromatic carbocycles. The van der Waals surface area contributed by atoms with Crippen molar-refractivity contribution in [2.24, 2.45) is 16.3 Å². The smallest absolute Gasteiger partial charge is 0.255 e. The molecule has 0 fully saturated rings. The highest BCUT2D eigenvalue weighted by molar-refractivity contribution is 7.16. The number of hydrogen-bond donors (Lipinski definition) is 1. The van der Waals surface area contributed by atoms with E-state index < -0.39 is 0 Å². The Hall–Kier alpha value is -3.38. The van der Waals surface area contributed by atoms with Crippen molar-refractivity contribution in [3.63, 3.8) is 0 Å². The molecule has 0 saturated carbocycles. The zero-order chi connectivity index (χ0) is 26.2. The predicted molar refractivity (Wildman–Crippen MR) is 152 cm³/mol. The summed E-state index contributed by atoms with van der Waals surface area (Å²) in [5.41, 5.74) is 6.61. The van der Waals surface area contributed by atoms with Gasteiger partial charge in [0.2, 0.25) is 0 Å². The van der Waals surface area contributed by atoms with Crippen molar-refractivity contribution in [2.45, 2.75) is 60.4 Å². The Morgan fingerprint density at radius 3 is 2.68 bits per heavy atom. The summed E-state index contributed by atoms with van der Waals surface area (Å²) in [6.45, 7) is 11.5. The lowest BCUT2D eigenvalue weighted by atomic mass is 9.72. The minimum atomic E-state index is -0.0787. The highest BCUT2D eigenvalue weighted by atomic mass is 32.1. The number of fused-ring (bicyclic) bond motifs is 1. The first-order valence-electron chi connectivity index (χ1n) is 13.0. The summed E-state index contributed by atoms with van der Waals surface area (Å²) in [7, 11) is 0. The first kappa shape index (κ1) is 25.3. The fourth-order valence-corrected chi connectivity index (χ4v) is 6.59. The lowest BCUT2D eigenvalue weighted by Gasteiger charge is -2.33. The number of nitrogens with zero attached hydrogens (tertiary/aromatic N) is 2. The maximum Gasteiger partial charge on any atom is 0.255 e. The SMILES string of the molecule is Cc1cc(C=Nc2sc3c(c2C(=O)NCc2ccco2)CC[C@H](C(C)(C)C)C3)c(C)n1-c1ccccc1. The number of para-hydroxylation sites is 1. The molecule has 1 N–H and O–H groups in total. The standard InChI is InChI=1S/C31H35N3O2S/c1-20-16-22(21(2)34(20)24-10-7-6-8-11-24)18-33-30-28(29(35)32-19-25-12-9-15-36-25)26-14-13-23(31(3,4)5)17-27(26)37-30/h6-12,15-16,18,23H,13-14,17,19H2,1-5H3,(H,32,35)/t23-/m0/s1. The number of aromatic nitrogens is 1. The lowest BCUT2D eigenvalue weighted by molar-refractivity contribution is 0.0947. The average Bonchev–Trinajstić information content (AvgIpc) is 3.58. The fourth-order valence-electron chi connectivity index (χ4n) is 5.33. The molecule has 1 amide bonds. The van der Waals surface area contributed by atoms with Gasteiger partial charge in [0, 0.05) is 33.7 Å². The summed E-state index contributed by atoms with van der Waals surface area (Å²) >= 11 is 1.68. The van der Waals surface area contributed by atoms with Crippen LogP contribution in [-0.4, -0.2) is 16.7 Å². The van der Waals surface area contributed by atoms with Gasteiger partial charge in [-0.2, -0.15) is 0 Å². The molecule has 6 heteroatoms. The largest absolute Gasteiger partial charge is 0.467 e. The molecule has 0 aliphatic heterocycles. The van der Waals surface area contributed by atoms with E-state index in [1.165, 1.54) is 10.4 Å². The molecule has 3 heterocycles. The molecule has 0 spiro atoms. The maximum absolute atomic E-state index is 13.5. The predicted octanol–water partition coefficient (Wildman–Crippen LogP) is 7.58. The number of amides is 1. The van der Waals surface area contributed by atoms with Gasteiger partial charge in [-0.15, -0.1) is 11.3 Å². The Kier molecular flexibility index (Phi) is 6.95. The summed E-state index contributed by atoms with van der Waals surface area (Å²) in [6, 6.07) is 16.2. The van der Waals surface area contributed by atoms with Crippen LogP contribution in [0, 0.1) is 25.2 Å². The zero-order valence-electron chi connectivity index (χ0n) is 22.3. The van der Waals surface area contributed by atoms with Crippen LogP contribution < -0.4 is 5.32 Å². The van der Waals surface area contributed by atoms with Gasteiger partial charge in [-0.05, 0) is 80.3 Å². The van der Waals surface area contributed by atoms with Gasteiger partial charge in [0.15, 0.2) is 0 Å². The van der Waals surface area contributed by atoms with Crippen LogP contribution in [0.3, 0.4) is 0 Å². The minimum absolute atomic E-state index is 0.0787. The topological polar surface area (TPSA) is 59.5 Å². The molecule has 37 heavy (non-hydrogen) atoms. The van der Waals surface area contributed by atoms with Gasteiger partial charge in [0.1, 0.15) is 10.8 Å². The van der Waals surface area contributed by atoms with Gasteiger partial charge in [-0.25, -0.2) is 4.99 Å². The van der Waals surface area contributed by atoms with Gasteiger partial charge in [0.05, 0.1) is 18.4 Å². The van der Waals surface area contributed by atoms with E-state index in [1.54, 1.807) is 17.6 Å². The Balaban J connectivity index is 1.49. The van der Waals surface area contributed by atoms with E-state index >= 15 is 0 Å². The van der Waals surface area contributed by atoms with E-state index in [2.05, 4.69) is 74.8 Å². The van der Waals surface area contributed by atoms with E-state index in [-0.39, 0.29) is 11.3 Å². The third-order valence-electron chi connectivity index (χ3n) is 7.51. The van der Waals surface area contributed by atoms with Gasteiger partial charge in [-0.3, -0.25) is 4.79 Å². The third kappa shape index (κ3) is 5.21. The molecule has 5 rings (SSSR count). The lowest BCUT2D eigenvalue weighted by Crippen LogP contribution is -2.28. The Labute approximate surface area is 223 Å². The zero-order valence-corrected chi connectivity index (χ0v) is 23.1. The minimum Gasteiger partial charge on any atom is -0.467 e. The molecule has 0 radical (unpaired) electrons. The molecule has 1 aliphatic rings. The summed E-state index contributed by atoms with van der Waals surface area (Å²) < 4.78 is 7.66. The molecule has 0 unspecified atom stereocenters. The maximum atomic E-state index is 13.5. The number of benzene rings is 1. The summed E-state index contributed by atoms with van der Waals surface area (Å²) in [5, 5.41) is 3.85. The number of carbonyl (C=O) groups is 1. The molecule has 4 aromatic rings. The van der Waals surface area contributed by atoms with Gasteiger partial charge < -0.3 is 14.3 Å². The van der Waals surface area contributed by atoms with Crippen molar-refractivity contribution in [3.8, 4) is 5.69 Å². The summed E-state index contributed by atoms with van der Waals surface area (Å²) in [5.74, 6) is 1.26. The van der Waals surface area contributed by atoms with Crippen molar-refractivity contribution in [3.05, 3.63) is 93.5 Å². The normalized spacial score (nSPS) is 15.8. The van der Waals surface area contributed by atoms with Crippen molar-refractivity contribution in [1.29, 1.82) is 0 Å². The van der Waals surface area contributed by atoms with Gasteiger partial charge >= 0.3 is 0 Å². The number of carbonyl (C=O) groups excluding carboxylic acids is 1. The second-order valence-electron chi connectivity index (χ2n) is 11.0. The van der Waals surface area contributed by atoms with Crippen LogP contribution in [0.25, 0.3) is 5.69 Å². The second-order valence-corrected chi connectivity index (χ2v) is 12.1. The van der Waals surface area contributed by atoms with Crippen LogP contribution in [0.4, 0.5) is 5.00 Å². The van der Waals surface area contributed by atoms with E-state index in [1.807, 2.05) is 24.4 Å². The Morgan fingerprint density at radius 1 is 1.19 bits per heavy atom. The van der Waals surface area contributed by atoms with Gasteiger partial charge in [0.25, 0.3) is 5.91 Å². The van der Waals surface area contributed by atoms with Crippen LogP contribution in [0.5, 0.6) is 0 Å². The first-order chi connectivity index (χ1) is 17.7. The summed E-state index contributed by atoms with van der Waals surface area (Å²) in [6.07, 6.45) is 6.55. The van der Waals surface area contributed by atoms with Crippen LogP contribution in [0.2, 0.25) is 0 Å². The third-order valence-corrected chi connectivity index (χ3v) is 8.67. The highest BCUT2D eigenvalue weighted by Crippen LogP contribution is 2.45. The fraction of sp³-hybridized carbons (Fsp3) is 0.355. The number of aliphatic imine (C=N–C) groups is 1. The van der Waals surface area contributed by atoms with Crippen molar-refractivity contribution >= 4 is 28.5 Å². The van der Waals surface area contributed by atoms with Crippen LogP contribution in [-0.2, 0) is 19.4 Å². The second kappa shape index (κ2) is 10.2. The molecular formula is C31H35N3O2S. The quantitative estimate of drug-likeness (QED) is 0.270. The number of nitrogens with one attached hydrogen (secondary N) is 1. The molecule has 0 saturated heterocycles. The monoisotopic (exact) mass is 513 g/mol. The average molecular weight is 514 g/mol. The molecule has 192 valence electrons. The Bertz CT molecular complexity index is 1420. The van der Waals surface area contributed by atoms with Crippen LogP contribution in [0.15, 0.2) is 64.2 Å². The number of rotatable bonds is 6. The Morgan fingerprint density at radius 2 is 1.97 bits per heavy atom. The molecule has 3 aromatic heterocycles.